The third-order valence-corrected chi connectivity index (χ3v) is 2.88. The molecule has 1 aliphatic rings. The van der Waals surface area contributed by atoms with Gasteiger partial charge in [0.2, 0.25) is 0 Å². The molecule has 4 atom stereocenters. The van der Waals surface area contributed by atoms with Gasteiger partial charge in [-0.25, -0.2) is 5.21 Å². The van der Waals surface area contributed by atoms with Crippen molar-refractivity contribution in [2.75, 3.05) is 11.9 Å². The molecule has 0 aromatic heterocycles. The van der Waals surface area contributed by atoms with Crippen LogP contribution in [0.2, 0.25) is 0 Å². The van der Waals surface area contributed by atoms with E-state index in [0.717, 1.165) is 0 Å². The van der Waals surface area contributed by atoms with Crippen molar-refractivity contribution in [1.29, 1.82) is 0 Å². The molecule has 2 rings (SSSR count). The van der Waals surface area contributed by atoms with Crippen LogP contribution in [0, 0.1) is 4.91 Å². The lowest BCUT2D eigenvalue weighted by Crippen LogP contribution is -2.55. The summed E-state index contributed by atoms with van der Waals surface area (Å²) in [6.07, 6.45) is -4.70. The molecule has 0 bridgehead atoms. The summed E-state index contributed by atoms with van der Waals surface area (Å²) in [5, 5.41) is 40.1. The Hall–Kier alpha value is -1.74. The number of ether oxygens (including phenoxy) is 1. The zero-order valence-electron chi connectivity index (χ0n) is 9.88. The predicted molar refractivity (Wildman–Crippen MR) is 62.9 cm³/mol. The molecule has 8 nitrogen and oxygen atoms in total. The fraction of sp³-hybridized carbons (Fsp3) is 0.455. The zero-order chi connectivity index (χ0) is 14.0. The first kappa shape index (κ1) is 13.7. The highest BCUT2D eigenvalue weighted by Crippen LogP contribution is 2.21. The number of nitrogens with one attached hydrogen (secondary N) is 1. The number of anilines is 1. The van der Waals surface area contributed by atoms with E-state index in [2.05, 4.69) is 5.32 Å². The SMILES string of the molecule is O=[N+](O)c1cccc(NC2OCC(O)C(O)C2O)c1. The van der Waals surface area contributed by atoms with Gasteiger partial charge in [-0.15, -0.1) is 0 Å². The van der Waals surface area contributed by atoms with E-state index in [1.165, 1.54) is 18.2 Å². The summed E-state index contributed by atoms with van der Waals surface area (Å²) in [5.41, 5.74) is 0.427. The molecule has 4 unspecified atom stereocenters. The summed E-state index contributed by atoms with van der Waals surface area (Å²) in [6, 6.07) is 5.87. The van der Waals surface area contributed by atoms with Crippen LogP contribution in [0.15, 0.2) is 24.3 Å². The van der Waals surface area contributed by atoms with Gasteiger partial charge in [-0.1, -0.05) is 6.07 Å². The second-order valence-corrected chi connectivity index (χ2v) is 4.27. The van der Waals surface area contributed by atoms with Gasteiger partial charge in [-0.05, 0) is 6.07 Å². The minimum atomic E-state index is -1.32. The molecular weight excluding hydrogens is 256 g/mol. The number of aliphatic hydroxyl groups is 3. The van der Waals surface area contributed by atoms with Crippen molar-refractivity contribution in [3.8, 4) is 0 Å². The van der Waals surface area contributed by atoms with Gasteiger partial charge in [0.25, 0.3) is 4.92 Å². The Morgan fingerprint density at radius 1 is 1.26 bits per heavy atom. The summed E-state index contributed by atoms with van der Waals surface area (Å²) >= 11 is 0. The van der Waals surface area contributed by atoms with Crippen LogP contribution >= 0.6 is 0 Å². The Kier molecular flexibility index (Phi) is 3.96. The fourth-order valence-electron chi connectivity index (χ4n) is 1.81. The van der Waals surface area contributed by atoms with Crippen molar-refractivity contribution >= 4 is 11.4 Å². The van der Waals surface area contributed by atoms with Crippen molar-refractivity contribution < 1.29 is 30.2 Å². The highest BCUT2D eigenvalue weighted by Gasteiger charge is 2.37. The first-order chi connectivity index (χ1) is 8.99. The van der Waals surface area contributed by atoms with Crippen molar-refractivity contribution in [3.63, 3.8) is 0 Å². The van der Waals surface area contributed by atoms with Gasteiger partial charge >= 0.3 is 5.69 Å². The average Bonchev–Trinajstić information content (AvgIpc) is 2.40. The lowest BCUT2D eigenvalue weighted by atomic mass is 10.0. The number of nitrogens with zero attached hydrogens (tertiary/aromatic N) is 1. The maximum absolute atomic E-state index is 10.7. The third-order valence-electron chi connectivity index (χ3n) is 2.88. The molecule has 1 aromatic carbocycles. The van der Waals surface area contributed by atoms with E-state index < -0.39 is 24.5 Å². The number of hydrogen-bond acceptors (Lipinski definition) is 6. The monoisotopic (exact) mass is 271 g/mol. The van der Waals surface area contributed by atoms with Crippen molar-refractivity contribution in [1.82, 2.24) is 0 Å². The first-order valence-corrected chi connectivity index (χ1v) is 5.67. The topological polar surface area (TPSA) is 122 Å². The molecule has 0 amide bonds. The largest absolute Gasteiger partial charge is 0.388 e. The maximum Gasteiger partial charge on any atom is 0.318 e. The number of hydrogen-bond donors (Lipinski definition) is 5. The van der Waals surface area contributed by atoms with Gasteiger partial charge in [0.15, 0.2) is 6.23 Å². The van der Waals surface area contributed by atoms with Gasteiger partial charge < -0.3 is 25.4 Å². The minimum Gasteiger partial charge on any atom is -0.388 e. The second-order valence-electron chi connectivity index (χ2n) is 4.27. The molecule has 1 aliphatic heterocycles. The smallest absolute Gasteiger partial charge is 0.318 e. The summed E-state index contributed by atoms with van der Waals surface area (Å²) in [6.45, 7) is -0.122. The van der Waals surface area contributed by atoms with Gasteiger partial charge in [-0.3, -0.25) is 0 Å². The lowest BCUT2D eigenvalue weighted by Gasteiger charge is -2.35. The molecule has 0 spiro atoms. The van der Waals surface area contributed by atoms with Crippen LogP contribution in [0.3, 0.4) is 0 Å². The van der Waals surface area contributed by atoms with Gasteiger partial charge in [0.1, 0.15) is 18.3 Å². The Morgan fingerprint density at radius 2 is 2.00 bits per heavy atom. The first-order valence-electron chi connectivity index (χ1n) is 5.67. The lowest BCUT2D eigenvalue weighted by molar-refractivity contribution is -0.729. The van der Waals surface area contributed by atoms with E-state index in [1.807, 2.05) is 0 Å². The molecule has 5 N–H and O–H groups in total. The van der Waals surface area contributed by atoms with Crippen molar-refractivity contribution in [2.45, 2.75) is 24.5 Å². The van der Waals surface area contributed by atoms with E-state index >= 15 is 0 Å². The molecule has 104 valence electrons. The number of aliphatic hydroxyl groups excluding tert-OH is 3. The van der Waals surface area contributed by atoms with Gasteiger partial charge in [0, 0.05) is 17.8 Å². The van der Waals surface area contributed by atoms with E-state index in [0.29, 0.717) is 5.69 Å². The Labute approximate surface area is 108 Å². The predicted octanol–water partition coefficient (Wildman–Crippen LogP) is -0.663. The summed E-state index contributed by atoms with van der Waals surface area (Å²) < 4.78 is 5.15. The highest BCUT2D eigenvalue weighted by atomic mass is 16.6. The van der Waals surface area contributed by atoms with E-state index in [-0.39, 0.29) is 17.2 Å². The molecule has 8 heteroatoms. The van der Waals surface area contributed by atoms with Gasteiger partial charge in [-0.2, -0.15) is 0 Å². The highest BCUT2D eigenvalue weighted by molar-refractivity contribution is 5.51. The standard InChI is InChI=1S/C11H15N2O6/c14-8-5-19-11(10(16)9(8)15)12-6-2-1-3-7(4-6)13(17)18/h1-4,8-12,14-16H,5H2,(H,17,18)/q+1. The fourth-order valence-corrected chi connectivity index (χ4v) is 1.81. The molecule has 0 radical (unpaired) electrons. The molecule has 1 aromatic rings. The second kappa shape index (κ2) is 5.49. The zero-order valence-corrected chi connectivity index (χ0v) is 9.88. The van der Waals surface area contributed by atoms with E-state index in [4.69, 9.17) is 9.94 Å². The van der Waals surface area contributed by atoms with Crippen LogP contribution in [0.5, 0.6) is 0 Å². The minimum absolute atomic E-state index is 0.0101. The van der Waals surface area contributed by atoms with Crippen LogP contribution in [0.25, 0.3) is 0 Å². The van der Waals surface area contributed by atoms with E-state index in [9.17, 15) is 20.2 Å². The van der Waals surface area contributed by atoms with Crippen molar-refractivity contribution in [3.05, 3.63) is 29.2 Å². The Bertz CT molecular complexity index is 468. The van der Waals surface area contributed by atoms with Gasteiger partial charge in [0.05, 0.1) is 11.5 Å². The van der Waals surface area contributed by atoms with Crippen LogP contribution in [0.1, 0.15) is 0 Å². The van der Waals surface area contributed by atoms with Crippen LogP contribution in [0.4, 0.5) is 11.4 Å². The van der Waals surface area contributed by atoms with Crippen LogP contribution in [-0.2, 0) is 4.74 Å². The Balaban J connectivity index is 2.09. The summed E-state index contributed by atoms with van der Waals surface area (Å²) in [5.74, 6) is 0. The average molecular weight is 271 g/mol. The quantitative estimate of drug-likeness (QED) is 0.462. The molecule has 0 aliphatic carbocycles. The summed E-state index contributed by atoms with van der Waals surface area (Å²) in [7, 11) is 0. The van der Waals surface area contributed by atoms with Crippen LogP contribution in [-0.4, -0.2) is 56.6 Å². The molecule has 0 saturated carbocycles. The van der Waals surface area contributed by atoms with E-state index in [1.54, 1.807) is 6.07 Å². The number of benzene rings is 1. The third kappa shape index (κ3) is 2.99. The number of rotatable bonds is 3. The normalized spacial score (nSPS) is 30.9. The molecule has 19 heavy (non-hydrogen) atoms. The molecule has 1 fully saturated rings. The van der Waals surface area contributed by atoms with Crippen LogP contribution < -0.4 is 5.32 Å². The maximum atomic E-state index is 10.7. The Morgan fingerprint density at radius 3 is 2.68 bits per heavy atom. The molecular formula is C11H15N2O6+. The summed E-state index contributed by atoms with van der Waals surface area (Å²) in [4.78, 5) is 10.5. The molecule has 1 saturated heterocycles. The van der Waals surface area contributed by atoms with Crippen molar-refractivity contribution in [2.24, 2.45) is 0 Å². The molecule has 1 heterocycles.